The third-order valence-electron chi connectivity index (χ3n) is 6.59. The molecule has 2 aromatic heterocycles. The van der Waals surface area contributed by atoms with E-state index in [0.717, 1.165) is 28.5 Å². The lowest BCUT2D eigenvalue weighted by Gasteiger charge is -2.28. The van der Waals surface area contributed by atoms with E-state index in [-0.39, 0.29) is 12.1 Å². The molecule has 5 rings (SSSR count). The van der Waals surface area contributed by atoms with E-state index >= 15 is 0 Å². The second-order valence-electron chi connectivity index (χ2n) is 8.81. The maximum Gasteiger partial charge on any atom is 0.174 e. The summed E-state index contributed by atoms with van der Waals surface area (Å²) in [5.41, 5.74) is 7.70. The van der Waals surface area contributed by atoms with Crippen molar-refractivity contribution < 1.29 is 4.74 Å². The van der Waals surface area contributed by atoms with Crippen LogP contribution >= 0.6 is 23.8 Å². The second kappa shape index (κ2) is 9.36. The summed E-state index contributed by atoms with van der Waals surface area (Å²) in [4.78, 5) is 6.81. The van der Waals surface area contributed by atoms with E-state index in [1.54, 1.807) is 7.11 Å². The Bertz CT molecular complexity index is 1380. The zero-order chi connectivity index (χ0) is 24.7. The van der Waals surface area contributed by atoms with Crippen LogP contribution in [-0.2, 0) is 0 Å². The van der Waals surface area contributed by atoms with Crippen LogP contribution < -0.4 is 15.0 Å². The zero-order valence-corrected chi connectivity index (χ0v) is 21.7. The van der Waals surface area contributed by atoms with Crippen LogP contribution in [0.25, 0.3) is 5.69 Å². The van der Waals surface area contributed by atoms with Crippen LogP contribution in [0.15, 0.2) is 72.9 Å². The lowest BCUT2D eigenvalue weighted by molar-refractivity contribution is 0.415. The Morgan fingerprint density at radius 3 is 2.37 bits per heavy atom. The monoisotopic (exact) mass is 502 g/mol. The first-order valence-corrected chi connectivity index (χ1v) is 12.3. The van der Waals surface area contributed by atoms with E-state index < -0.39 is 0 Å². The molecule has 5 nitrogen and oxygen atoms in total. The second-order valence-corrected chi connectivity index (χ2v) is 9.61. The smallest absolute Gasteiger partial charge is 0.174 e. The topological polar surface area (TPSA) is 42.3 Å². The van der Waals surface area contributed by atoms with Gasteiger partial charge < -0.3 is 19.5 Å². The van der Waals surface area contributed by atoms with Gasteiger partial charge in [-0.1, -0.05) is 35.4 Å². The number of aryl methyl sites for hydroxylation is 2. The van der Waals surface area contributed by atoms with Crippen LogP contribution in [0.1, 0.15) is 40.3 Å². The predicted octanol–water partition coefficient (Wildman–Crippen LogP) is 6.64. The van der Waals surface area contributed by atoms with E-state index in [1.807, 2.05) is 42.6 Å². The van der Waals surface area contributed by atoms with Crippen molar-refractivity contribution >= 4 is 34.6 Å². The number of thiocarbonyl (C=S) groups is 1. The standard InChI is InChI=1S/C28H27ClN4OS/c1-17-8-10-20(11-9-17)32-18(2)15-22(19(32)3)27-26(24-7-5-6-14-30-24)31-28(35)33(27)21-12-13-25(34-4)23(29)16-21/h5-16,26-27H,1-4H3,(H,31,35)/t26-,27-/m1/s1. The molecule has 178 valence electrons. The van der Waals surface area contributed by atoms with Crippen molar-refractivity contribution in [3.8, 4) is 11.4 Å². The Hall–Kier alpha value is -3.35. The summed E-state index contributed by atoms with van der Waals surface area (Å²) in [6.07, 6.45) is 1.82. The number of pyridine rings is 1. The number of rotatable bonds is 5. The van der Waals surface area contributed by atoms with Crippen molar-refractivity contribution in [3.63, 3.8) is 0 Å². The highest BCUT2D eigenvalue weighted by molar-refractivity contribution is 7.80. The highest BCUT2D eigenvalue weighted by Crippen LogP contribution is 2.44. The molecule has 0 spiro atoms. The summed E-state index contributed by atoms with van der Waals surface area (Å²) in [5.74, 6) is 0.629. The van der Waals surface area contributed by atoms with Crippen molar-refractivity contribution in [1.29, 1.82) is 0 Å². The SMILES string of the molecule is COc1ccc(N2C(=S)N[C@H](c3ccccn3)[C@H]2c2cc(C)n(-c3ccc(C)cc3)c2C)cc1Cl. The summed E-state index contributed by atoms with van der Waals surface area (Å²) in [7, 11) is 1.61. The number of methoxy groups -OCH3 is 1. The third-order valence-corrected chi connectivity index (χ3v) is 7.20. The Morgan fingerprint density at radius 1 is 0.971 bits per heavy atom. The minimum atomic E-state index is -0.128. The lowest BCUT2D eigenvalue weighted by atomic mass is 9.96. The number of anilines is 1. The van der Waals surface area contributed by atoms with E-state index in [9.17, 15) is 0 Å². The van der Waals surface area contributed by atoms with E-state index in [4.69, 9.17) is 28.6 Å². The molecule has 0 saturated carbocycles. The molecule has 1 fully saturated rings. The Balaban J connectivity index is 1.67. The van der Waals surface area contributed by atoms with Gasteiger partial charge in [-0.3, -0.25) is 4.98 Å². The van der Waals surface area contributed by atoms with Crippen molar-refractivity contribution in [2.24, 2.45) is 0 Å². The molecule has 1 aliphatic heterocycles. The zero-order valence-electron chi connectivity index (χ0n) is 20.1. The molecular weight excluding hydrogens is 476 g/mol. The molecule has 2 atom stereocenters. The fourth-order valence-electron chi connectivity index (χ4n) is 4.93. The van der Waals surface area contributed by atoms with E-state index in [0.29, 0.717) is 15.9 Å². The Kier molecular flexibility index (Phi) is 6.26. The van der Waals surface area contributed by atoms with Gasteiger partial charge in [-0.25, -0.2) is 0 Å². The fourth-order valence-corrected chi connectivity index (χ4v) is 5.53. The Labute approximate surface area is 216 Å². The van der Waals surface area contributed by atoms with Crippen molar-refractivity contribution in [1.82, 2.24) is 14.9 Å². The van der Waals surface area contributed by atoms with Crippen molar-refractivity contribution in [2.45, 2.75) is 32.9 Å². The number of aromatic nitrogens is 2. The average Bonchev–Trinajstić information content (AvgIpc) is 3.35. The number of benzene rings is 2. The molecule has 2 aromatic carbocycles. The van der Waals surface area contributed by atoms with Gasteiger partial charge in [-0.2, -0.15) is 0 Å². The van der Waals surface area contributed by atoms with Crippen LogP contribution in [-0.4, -0.2) is 21.8 Å². The van der Waals surface area contributed by atoms with Crippen LogP contribution in [0.3, 0.4) is 0 Å². The van der Waals surface area contributed by atoms with Gasteiger partial charge >= 0.3 is 0 Å². The third kappa shape index (κ3) is 4.17. The highest BCUT2D eigenvalue weighted by atomic mass is 35.5. The highest BCUT2D eigenvalue weighted by Gasteiger charge is 2.42. The van der Waals surface area contributed by atoms with Gasteiger partial charge in [0.1, 0.15) is 5.75 Å². The van der Waals surface area contributed by atoms with Gasteiger partial charge in [0.15, 0.2) is 5.11 Å². The lowest BCUT2D eigenvalue weighted by Crippen LogP contribution is -2.29. The predicted molar refractivity (Wildman–Crippen MR) is 146 cm³/mol. The quantitative estimate of drug-likeness (QED) is 0.310. The summed E-state index contributed by atoms with van der Waals surface area (Å²) in [6.45, 7) is 6.41. The first kappa shape index (κ1) is 23.4. The van der Waals surface area contributed by atoms with Gasteiger partial charge in [-0.05, 0) is 87.1 Å². The fraction of sp³-hybridized carbons (Fsp3) is 0.214. The van der Waals surface area contributed by atoms with Crippen LogP contribution in [0.4, 0.5) is 5.69 Å². The van der Waals surface area contributed by atoms with E-state index in [2.05, 4.69) is 70.9 Å². The number of ether oxygens (including phenoxy) is 1. The van der Waals surface area contributed by atoms with E-state index in [1.165, 1.54) is 11.1 Å². The van der Waals surface area contributed by atoms with Crippen molar-refractivity contribution in [2.75, 3.05) is 12.0 Å². The van der Waals surface area contributed by atoms with Crippen LogP contribution in [0, 0.1) is 20.8 Å². The molecule has 4 aromatic rings. The summed E-state index contributed by atoms with van der Waals surface area (Å²) in [5, 5.41) is 4.70. The molecule has 1 saturated heterocycles. The van der Waals surface area contributed by atoms with Gasteiger partial charge in [-0.15, -0.1) is 0 Å². The minimum absolute atomic E-state index is 0.118. The number of nitrogens with zero attached hydrogens (tertiary/aromatic N) is 3. The van der Waals surface area contributed by atoms with Gasteiger partial charge in [0.25, 0.3) is 0 Å². The molecule has 1 N–H and O–H groups in total. The largest absolute Gasteiger partial charge is 0.495 e. The summed E-state index contributed by atoms with van der Waals surface area (Å²) in [6, 6.07) is 22.4. The molecule has 3 heterocycles. The molecule has 1 aliphatic rings. The average molecular weight is 503 g/mol. The first-order valence-electron chi connectivity index (χ1n) is 11.5. The molecule has 7 heteroatoms. The first-order chi connectivity index (χ1) is 16.9. The summed E-state index contributed by atoms with van der Waals surface area (Å²) >= 11 is 12.4. The molecule has 0 unspecified atom stereocenters. The maximum atomic E-state index is 6.52. The number of nitrogens with one attached hydrogen (secondary N) is 1. The normalized spacial score (nSPS) is 17.5. The molecule has 0 radical (unpaired) electrons. The molecule has 0 amide bonds. The number of halogens is 1. The molecule has 0 aliphatic carbocycles. The van der Waals surface area contributed by atoms with Gasteiger partial charge in [0.05, 0.1) is 29.9 Å². The number of hydrogen-bond acceptors (Lipinski definition) is 3. The Morgan fingerprint density at radius 2 is 1.71 bits per heavy atom. The molecule has 0 bridgehead atoms. The molecule has 35 heavy (non-hydrogen) atoms. The van der Waals surface area contributed by atoms with Gasteiger partial charge in [0, 0.05) is 29.0 Å². The minimum Gasteiger partial charge on any atom is -0.495 e. The van der Waals surface area contributed by atoms with Crippen molar-refractivity contribution in [3.05, 3.63) is 106 Å². The number of hydrogen-bond donors (Lipinski definition) is 1. The van der Waals surface area contributed by atoms with Crippen LogP contribution in [0.2, 0.25) is 5.02 Å². The van der Waals surface area contributed by atoms with Gasteiger partial charge in [0.2, 0.25) is 0 Å². The van der Waals surface area contributed by atoms with Crippen LogP contribution in [0.5, 0.6) is 5.75 Å². The summed E-state index contributed by atoms with van der Waals surface area (Å²) < 4.78 is 7.67. The molecular formula is C28H27ClN4OS. The maximum absolute atomic E-state index is 6.52.